The predicted octanol–water partition coefficient (Wildman–Crippen LogP) is 1.49. The molecule has 0 unspecified atom stereocenters. The number of methoxy groups -OCH3 is 1. The molecular weight excluding hydrogens is 202 g/mol. The molecule has 1 aromatic carbocycles. The molecule has 0 saturated heterocycles. The minimum Gasteiger partial charge on any atom is -0.497 e. The maximum atomic E-state index is 10.6. The Kier molecular flexibility index (Phi) is 4.41. The van der Waals surface area contributed by atoms with Gasteiger partial charge in [-0.25, -0.2) is 0 Å². The molecule has 1 N–H and O–H groups in total. The molecule has 16 heavy (non-hydrogen) atoms. The summed E-state index contributed by atoms with van der Waals surface area (Å²) in [6.07, 6.45) is 0. The standard InChI is InChI=1S/C13H15NO2/c1-10-9-13(16-3)7-6-12(10)5-4-8-14-11(2)15/h6-7,9H,8H2,1-3H3,(H,14,15). The van der Waals surface area contributed by atoms with Crippen LogP contribution in [-0.2, 0) is 4.79 Å². The lowest BCUT2D eigenvalue weighted by Gasteiger charge is -2.02. The van der Waals surface area contributed by atoms with Gasteiger partial charge < -0.3 is 10.1 Å². The second-order valence-electron chi connectivity index (χ2n) is 3.39. The second kappa shape index (κ2) is 5.82. The fraction of sp³-hybridized carbons (Fsp3) is 0.308. The number of ether oxygens (including phenoxy) is 1. The zero-order valence-corrected chi connectivity index (χ0v) is 9.76. The van der Waals surface area contributed by atoms with Gasteiger partial charge in [0, 0.05) is 12.5 Å². The Morgan fingerprint density at radius 1 is 1.50 bits per heavy atom. The van der Waals surface area contributed by atoms with Crippen LogP contribution < -0.4 is 10.1 Å². The van der Waals surface area contributed by atoms with Crippen LogP contribution in [0.15, 0.2) is 18.2 Å². The largest absolute Gasteiger partial charge is 0.497 e. The number of aryl methyl sites for hydroxylation is 1. The number of carbonyl (C=O) groups is 1. The van der Waals surface area contributed by atoms with Crippen LogP contribution in [0.5, 0.6) is 5.75 Å². The summed E-state index contributed by atoms with van der Waals surface area (Å²) in [5.41, 5.74) is 2.01. The molecule has 0 atom stereocenters. The average Bonchev–Trinajstić information content (AvgIpc) is 2.25. The highest BCUT2D eigenvalue weighted by Crippen LogP contribution is 2.15. The Morgan fingerprint density at radius 3 is 2.81 bits per heavy atom. The molecule has 0 radical (unpaired) electrons. The summed E-state index contributed by atoms with van der Waals surface area (Å²) in [4.78, 5) is 10.6. The lowest BCUT2D eigenvalue weighted by molar-refractivity contribution is -0.118. The van der Waals surface area contributed by atoms with Gasteiger partial charge >= 0.3 is 0 Å². The van der Waals surface area contributed by atoms with Crippen LogP contribution >= 0.6 is 0 Å². The Balaban J connectivity index is 2.70. The highest BCUT2D eigenvalue weighted by molar-refractivity contribution is 5.73. The van der Waals surface area contributed by atoms with E-state index < -0.39 is 0 Å². The molecule has 0 heterocycles. The van der Waals surface area contributed by atoms with Crippen LogP contribution in [0.3, 0.4) is 0 Å². The maximum Gasteiger partial charge on any atom is 0.217 e. The van der Waals surface area contributed by atoms with Gasteiger partial charge in [-0.1, -0.05) is 11.8 Å². The predicted molar refractivity (Wildman–Crippen MR) is 63.3 cm³/mol. The normalized spacial score (nSPS) is 8.94. The first-order chi connectivity index (χ1) is 7.63. The van der Waals surface area contributed by atoms with Gasteiger partial charge in [-0.2, -0.15) is 0 Å². The van der Waals surface area contributed by atoms with E-state index in [1.165, 1.54) is 6.92 Å². The third kappa shape index (κ3) is 3.66. The molecule has 0 fully saturated rings. The Hall–Kier alpha value is -1.95. The van der Waals surface area contributed by atoms with E-state index in [2.05, 4.69) is 17.2 Å². The minimum absolute atomic E-state index is 0.0687. The average molecular weight is 217 g/mol. The van der Waals surface area contributed by atoms with E-state index in [1.54, 1.807) is 7.11 Å². The zero-order chi connectivity index (χ0) is 12.0. The fourth-order valence-corrected chi connectivity index (χ4v) is 1.21. The van der Waals surface area contributed by atoms with Crippen molar-refractivity contribution in [3.63, 3.8) is 0 Å². The summed E-state index contributed by atoms with van der Waals surface area (Å²) in [7, 11) is 1.64. The van der Waals surface area contributed by atoms with E-state index in [9.17, 15) is 4.79 Å². The van der Waals surface area contributed by atoms with Crippen LogP contribution in [0, 0.1) is 18.8 Å². The number of hydrogen-bond acceptors (Lipinski definition) is 2. The van der Waals surface area contributed by atoms with Crippen LogP contribution in [0.25, 0.3) is 0 Å². The first-order valence-corrected chi connectivity index (χ1v) is 5.01. The quantitative estimate of drug-likeness (QED) is 0.762. The first kappa shape index (κ1) is 12.1. The lowest BCUT2D eigenvalue weighted by Crippen LogP contribution is -2.19. The van der Waals surface area contributed by atoms with E-state index in [1.807, 2.05) is 25.1 Å². The molecule has 3 nitrogen and oxygen atoms in total. The minimum atomic E-state index is -0.0687. The van der Waals surface area contributed by atoms with E-state index in [-0.39, 0.29) is 5.91 Å². The van der Waals surface area contributed by atoms with Gasteiger partial charge in [-0.05, 0) is 30.7 Å². The third-order valence-corrected chi connectivity index (χ3v) is 2.08. The fourth-order valence-electron chi connectivity index (χ4n) is 1.21. The van der Waals surface area contributed by atoms with E-state index in [0.717, 1.165) is 16.9 Å². The highest BCUT2D eigenvalue weighted by Gasteiger charge is 1.96. The molecule has 0 bridgehead atoms. The van der Waals surface area contributed by atoms with Crippen molar-refractivity contribution in [3.05, 3.63) is 29.3 Å². The molecule has 1 aromatic rings. The molecule has 0 aliphatic heterocycles. The summed E-state index contributed by atoms with van der Waals surface area (Å²) in [5.74, 6) is 6.64. The van der Waals surface area contributed by atoms with Gasteiger partial charge in [0.05, 0.1) is 13.7 Å². The van der Waals surface area contributed by atoms with Gasteiger partial charge in [-0.15, -0.1) is 0 Å². The number of nitrogens with one attached hydrogen (secondary N) is 1. The summed E-state index contributed by atoms with van der Waals surface area (Å²) in [5, 5.41) is 2.62. The summed E-state index contributed by atoms with van der Waals surface area (Å²) < 4.78 is 5.10. The van der Waals surface area contributed by atoms with Gasteiger partial charge in [0.2, 0.25) is 5.91 Å². The summed E-state index contributed by atoms with van der Waals surface area (Å²) in [6.45, 7) is 3.83. The SMILES string of the molecule is COc1ccc(C#CCNC(C)=O)c(C)c1. The molecular formula is C13H15NO2. The third-order valence-electron chi connectivity index (χ3n) is 2.08. The molecule has 84 valence electrons. The highest BCUT2D eigenvalue weighted by atomic mass is 16.5. The molecule has 1 rings (SSSR count). The Labute approximate surface area is 95.8 Å². The smallest absolute Gasteiger partial charge is 0.217 e. The summed E-state index contributed by atoms with van der Waals surface area (Å²) in [6, 6.07) is 5.72. The van der Waals surface area contributed by atoms with E-state index in [4.69, 9.17) is 4.74 Å². The van der Waals surface area contributed by atoms with E-state index in [0.29, 0.717) is 6.54 Å². The van der Waals surface area contributed by atoms with Crippen molar-refractivity contribution in [2.75, 3.05) is 13.7 Å². The van der Waals surface area contributed by atoms with Crippen molar-refractivity contribution in [2.45, 2.75) is 13.8 Å². The van der Waals surface area contributed by atoms with Gasteiger partial charge in [0.15, 0.2) is 0 Å². The number of carbonyl (C=O) groups excluding carboxylic acids is 1. The van der Waals surface area contributed by atoms with E-state index >= 15 is 0 Å². The molecule has 0 aromatic heterocycles. The van der Waals surface area contributed by atoms with Gasteiger partial charge in [-0.3, -0.25) is 4.79 Å². The van der Waals surface area contributed by atoms with Crippen molar-refractivity contribution in [2.24, 2.45) is 0 Å². The van der Waals surface area contributed by atoms with Crippen LogP contribution in [-0.4, -0.2) is 19.6 Å². The molecule has 0 saturated carbocycles. The molecule has 0 spiro atoms. The Morgan fingerprint density at radius 2 is 2.25 bits per heavy atom. The Bertz CT molecular complexity index is 441. The van der Waals surface area contributed by atoms with Crippen molar-refractivity contribution in [1.82, 2.24) is 5.32 Å². The molecule has 3 heteroatoms. The second-order valence-corrected chi connectivity index (χ2v) is 3.39. The topological polar surface area (TPSA) is 38.3 Å². The van der Waals surface area contributed by atoms with Crippen molar-refractivity contribution >= 4 is 5.91 Å². The number of hydrogen-bond donors (Lipinski definition) is 1. The number of rotatable bonds is 2. The molecule has 0 aliphatic carbocycles. The zero-order valence-electron chi connectivity index (χ0n) is 9.76. The maximum absolute atomic E-state index is 10.6. The number of amides is 1. The van der Waals surface area contributed by atoms with Crippen LogP contribution in [0.2, 0.25) is 0 Å². The first-order valence-electron chi connectivity index (χ1n) is 5.01. The number of benzene rings is 1. The van der Waals surface area contributed by atoms with Crippen molar-refractivity contribution in [3.8, 4) is 17.6 Å². The molecule has 0 aliphatic rings. The van der Waals surface area contributed by atoms with Crippen molar-refractivity contribution < 1.29 is 9.53 Å². The molecule has 1 amide bonds. The monoisotopic (exact) mass is 217 g/mol. The van der Waals surface area contributed by atoms with Crippen LogP contribution in [0.4, 0.5) is 0 Å². The lowest BCUT2D eigenvalue weighted by atomic mass is 10.1. The van der Waals surface area contributed by atoms with Crippen molar-refractivity contribution in [1.29, 1.82) is 0 Å². The van der Waals surface area contributed by atoms with Gasteiger partial charge in [0.1, 0.15) is 5.75 Å². The van der Waals surface area contributed by atoms with Gasteiger partial charge in [0.25, 0.3) is 0 Å². The van der Waals surface area contributed by atoms with Crippen LogP contribution in [0.1, 0.15) is 18.1 Å². The summed E-state index contributed by atoms with van der Waals surface area (Å²) >= 11 is 0.